The summed E-state index contributed by atoms with van der Waals surface area (Å²) in [7, 11) is 3.27. The fourth-order valence-electron chi connectivity index (χ4n) is 2.99. The van der Waals surface area contributed by atoms with E-state index in [1.54, 1.807) is 33.0 Å². The lowest BCUT2D eigenvalue weighted by molar-refractivity contribution is -0.139. The summed E-state index contributed by atoms with van der Waals surface area (Å²) in [5.74, 6) is 1.38. The molecule has 25 heavy (non-hydrogen) atoms. The zero-order chi connectivity index (χ0) is 18.6. The molecule has 0 aromatic heterocycles. The third-order valence-corrected chi connectivity index (χ3v) is 4.71. The summed E-state index contributed by atoms with van der Waals surface area (Å²) < 4.78 is 10.7. The lowest BCUT2D eigenvalue weighted by Crippen LogP contribution is -2.51. The quantitative estimate of drug-likeness (QED) is 0.818. The molecule has 136 valence electrons. The average Bonchev–Trinajstić information content (AvgIpc) is 2.62. The van der Waals surface area contributed by atoms with Crippen molar-refractivity contribution < 1.29 is 14.3 Å². The van der Waals surface area contributed by atoms with Crippen LogP contribution in [0, 0.1) is 23.7 Å². The molecule has 0 aliphatic carbocycles. The summed E-state index contributed by atoms with van der Waals surface area (Å²) in [6.45, 7) is 9.10. The number of nitriles is 1. The number of carbonyl (C=O) groups excluding carboxylic acids is 1. The fraction of sp³-hybridized carbons (Fsp3) is 0.579. The molecule has 1 heterocycles. The van der Waals surface area contributed by atoms with Crippen LogP contribution in [0.15, 0.2) is 12.1 Å². The number of aryl methyl sites for hydroxylation is 1. The van der Waals surface area contributed by atoms with Gasteiger partial charge in [0.25, 0.3) is 0 Å². The molecule has 1 fully saturated rings. The first kappa shape index (κ1) is 19.1. The van der Waals surface area contributed by atoms with E-state index in [4.69, 9.17) is 14.7 Å². The van der Waals surface area contributed by atoms with Crippen molar-refractivity contribution in [3.8, 4) is 17.6 Å². The third-order valence-electron chi connectivity index (χ3n) is 4.71. The number of benzene rings is 1. The van der Waals surface area contributed by atoms with Crippen molar-refractivity contribution in [3.05, 3.63) is 23.3 Å². The van der Waals surface area contributed by atoms with Crippen molar-refractivity contribution in [2.24, 2.45) is 5.41 Å². The minimum atomic E-state index is -0.956. The molecule has 1 amide bonds. The first-order valence-electron chi connectivity index (χ1n) is 8.47. The number of nitrogens with zero attached hydrogens (tertiary/aromatic N) is 3. The van der Waals surface area contributed by atoms with E-state index in [2.05, 4.69) is 17.9 Å². The molecule has 0 N–H and O–H groups in total. The van der Waals surface area contributed by atoms with Crippen LogP contribution < -0.4 is 9.47 Å². The zero-order valence-corrected chi connectivity index (χ0v) is 15.8. The Kier molecular flexibility index (Phi) is 5.91. The van der Waals surface area contributed by atoms with E-state index in [0.29, 0.717) is 13.1 Å². The van der Waals surface area contributed by atoms with Crippen molar-refractivity contribution in [2.45, 2.75) is 27.3 Å². The number of ether oxygens (including phenoxy) is 2. The van der Waals surface area contributed by atoms with Gasteiger partial charge in [0.15, 0.2) is 11.5 Å². The Morgan fingerprint density at radius 2 is 1.72 bits per heavy atom. The normalized spacial score (nSPS) is 15.6. The van der Waals surface area contributed by atoms with E-state index in [0.717, 1.165) is 36.7 Å². The van der Waals surface area contributed by atoms with Gasteiger partial charge in [0, 0.05) is 32.7 Å². The molecule has 0 unspecified atom stereocenters. The highest BCUT2D eigenvalue weighted by atomic mass is 16.5. The summed E-state index contributed by atoms with van der Waals surface area (Å²) in [5, 5.41) is 9.13. The number of hydrogen-bond donors (Lipinski definition) is 0. The van der Waals surface area contributed by atoms with Gasteiger partial charge < -0.3 is 14.4 Å². The molecule has 1 aliphatic heterocycles. The predicted octanol–water partition coefficient (Wildman–Crippen LogP) is 2.21. The Balaban J connectivity index is 2.01. The minimum Gasteiger partial charge on any atom is -0.493 e. The largest absolute Gasteiger partial charge is 0.493 e. The van der Waals surface area contributed by atoms with Crippen molar-refractivity contribution in [2.75, 3.05) is 40.4 Å². The Morgan fingerprint density at radius 3 is 2.24 bits per heavy atom. The summed E-state index contributed by atoms with van der Waals surface area (Å²) >= 11 is 0. The van der Waals surface area contributed by atoms with Crippen LogP contribution in [-0.4, -0.2) is 56.1 Å². The van der Waals surface area contributed by atoms with E-state index < -0.39 is 5.41 Å². The van der Waals surface area contributed by atoms with Gasteiger partial charge in [-0.25, -0.2) is 0 Å². The van der Waals surface area contributed by atoms with Gasteiger partial charge in [0.05, 0.1) is 20.3 Å². The van der Waals surface area contributed by atoms with E-state index >= 15 is 0 Å². The van der Waals surface area contributed by atoms with Crippen molar-refractivity contribution in [1.82, 2.24) is 9.80 Å². The zero-order valence-electron chi connectivity index (χ0n) is 15.8. The highest BCUT2D eigenvalue weighted by molar-refractivity contribution is 5.84. The second kappa shape index (κ2) is 7.75. The molecule has 6 nitrogen and oxygen atoms in total. The first-order chi connectivity index (χ1) is 11.8. The number of methoxy groups -OCH3 is 2. The highest BCUT2D eigenvalue weighted by Gasteiger charge is 2.33. The topological polar surface area (TPSA) is 65.8 Å². The monoisotopic (exact) mass is 345 g/mol. The molecule has 1 aliphatic rings. The maximum absolute atomic E-state index is 12.4. The van der Waals surface area contributed by atoms with Gasteiger partial charge in [-0.05, 0) is 44.0 Å². The van der Waals surface area contributed by atoms with Crippen molar-refractivity contribution in [1.29, 1.82) is 5.26 Å². The molecular weight excluding hydrogens is 318 g/mol. The number of carbonyl (C=O) groups is 1. The molecule has 0 spiro atoms. The minimum absolute atomic E-state index is 0.0862. The van der Waals surface area contributed by atoms with E-state index in [9.17, 15) is 4.79 Å². The first-order valence-corrected chi connectivity index (χ1v) is 8.47. The van der Waals surface area contributed by atoms with E-state index in [-0.39, 0.29) is 5.91 Å². The molecule has 1 saturated heterocycles. The molecule has 0 radical (unpaired) electrons. The van der Waals surface area contributed by atoms with Crippen LogP contribution >= 0.6 is 0 Å². The van der Waals surface area contributed by atoms with Crippen molar-refractivity contribution >= 4 is 5.91 Å². The molecule has 0 saturated carbocycles. The Labute approximate surface area is 149 Å². The van der Waals surface area contributed by atoms with Crippen LogP contribution in [-0.2, 0) is 11.3 Å². The van der Waals surface area contributed by atoms with E-state index in [1.807, 2.05) is 12.1 Å². The SMILES string of the molecule is COc1cc(C)c(CN2CCN(C(=O)C(C)(C)C#N)CC2)cc1OC. The van der Waals surface area contributed by atoms with Gasteiger partial charge >= 0.3 is 0 Å². The van der Waals surface area contributed by atoms with Crippen LogP contribution in [0.4, 0.5) is 0 Å². The maximum Gasteiger partial charge on any atom is 0.242 e. The molecule has 2 rings (SSSR count). The van der Waals surface area contributed by atoms with Crippen LogP contribution in [0.1, 0.15) is 25.0 Å². The molecular formula is C19H27N3O3. The van der Waals surface area contributed by atoms with Gasteiger partial charge in [-0.1, -0.05) is 0 Å². The Bertz CT molecular complexity index is 671. The number of amides is 1. The van der Waals surface area contributed by atoms with Crippen molar-refractivity contribution in [3.63, 3.8) is 0 Å². The molecule has 6 heteroatoms. The Morgan fingerprint density at radius 1 is 1.16 bits per heavy atom. The smallest absolute Gasteiger partial charge is 0.242 e. The molecule has 1 aromatic carbocycles. The maximum atomic E-state index is 12.4. The third kappa shape index (κ3) is 4.23. The van der Waals surface area contributed by atoms with Crippen LogP contribution in [0.2, 0.25) is 0 Å². The lowest BCUT2D eigenvalue weighted by atomic mass is 9.93. The standard InChI is InChI=1S/C19H27N3O3/c1-14-10-16(24-4)17(25-5)11-15(14)12-21-6-8-22(9-7-21)18(23)19(2,3)13-20/h10-11H,6-9,12H2,1-5H3. The molecule has 0 atom stereocenters. The van der Waals surface area contributed by atoms with Gasteiger partial charge in [-0.15, -0.1) is 0 Å². The second-order valence-corrected chi connectivity index (χ2v) is 6.94. The van der Waals surface area contributed by atoms with Gasteiger partial charge in [0.1, 0.15) is 5.41 Å². The van der Waals surface area contributed by atoms with Crippen LogP contribution in [0.5, 0.6) is 11.5 Å². The summed E-state index contributed by atoms with van der Waals surface area (Å²) in [5.41, 5.74) is 1.39. The number of piperazine rings is 1. The van der Waals surface area contributed by atoms with Gasteiger partial charge in [-0.3, -0.25) is 9.69 Å². The fourth-order valence-corrected chi connectivity index (χ4v) is 2.99. The summed E-state index contributed by atoms with van der Waals surface area (Å²) in [4.78, 5) is 16.5. The van der Waals surface area contributed by atoms with Crippen LogP contribution in [0.25, 0.3) is 0 Å². The highest BCUT2D eigenvalue weighted by Crippen LogP contribution is 2.31. The summed E-state index contributed by atoms with van der Waals surface area (Å²) in [6, 6.07) is 6.10. The molecule has 1 aromatic rings. The van der Waals surface area contributed by atoms with E-state index in [1.165, 1.54) is 5.56 Å². The van der Waals surface area contributed by atoms with Crippen LogP contribution in [0.3, 0.4) is 0 Å². The lowest BCUT2D eigenvalue weighted by Gasteiger charge is -2.37. The predicted molar refractivity (Wildman–Crippen MR) is 95.5 cm³/mol. The van der Waals surface area contributed by atoms with Gasteiger partial charge in [0.2, 0.25) is 5.91 Å². The second-order valence-electron chi connectivity index (χ2n) is 6.94. The molecule has 0 bridgehead atoms. The average molecular weight is 345 g/mol. The number of rotatable bonds is 5. The summed E-state index contributed by atoms with van der Waals surface area (Å²) in [6.07, 6.45) is 0. The van der Waals surface area contributed by atoms with Gasteiger partial charge in [-0.2, -0.15) is 5.26 Å². The number of hydrogen-bond acceptors (Lipinski definition) is 5. The Hall–Kier alpha value is -2.26.